The molecule has 0 heterocycles. The Hall–Kier alpha value is -0.0800. The third kappa shape index (κ3) is 2.33. The van der Waals surface area contributed by atoms with Gasteiger partial charge in [0.15, 0.2) is 0 Å². The fourth-order valence-electron chi connectivity index (χ4n) is 1.63. The van der Waals surface area contributed by atoms with Crippen LogP contribution in [0.25, 0.3) is 0 Å². The molecule has 1 saturated carbocycles. The van der Waals surface area contributed by atoms with E-state index >= 15 is 0 Å². The van der Waals surface area contributed by atoms with E-state index in [0.29, 0.717) is 0 Å². The molecule has 0 aromatic rings. The minimum Gasteiger partial charge on any atom is -0.316 e. The van der Waals surface area contributed by atoms with Crippen molar-refractivity contribution in [2.45, 2.75) is 38.3 Å². The average Bonchev–Trinajstić information content (AvgIpc) is 2.15. The van der Waals surface area contributed by atoms with E-state index in [0.717, 1.165) is 12.3 Å². The van der Waals surface area contributed by atoms with Gasteiger partial charge < -0.3 is 11.5 Å². The van der Waals surface area contributed by atoms with Crippen molar-refractivity contribution in [3.63, 3.8) is 0 Å². The Kier molecular flexibility index (Phi) is 2.49. The summed E-state index contributed by atoms with van der Waals surface area (Å²) < 4.78 is 0. The van der Waals surface area contributed by atoms with Crippen LogP contribution in [-0.2, 0) is 0 Å². The Bertz CT molecular complexity index is 75.0. The van der Waals surface area contributed by atoms with Crippen LogP contribution in [0.3, 0.4) is 0 Å². The standard InChI is InChI=1S/C7H16N2/c8-7(9)5-6-3-1-2-4-6/h6-7H,1-5,8-9H2. The summed E-state index contributed by atoms with van der Waals surface area (Å²) in [6.45, 7) is 0. The molecule has 0 atom stereocenters. The first kappa shape index (κ1) is 7.03. The maximum absolute atomic E-state index is 5.45. The summed E-state index contributed by atoms with van der Waals surface area (Å²) in [5.74, 6) is 0.838. The van der Waals surface area contributed by atoms with E-state index in [4.69, 9.17) is 11.5 Å². The van der Waals surface area contributed by atoms with Crippen molar-refractivity contribution in [1.82, 2.24) is 0 Å². The van der Waals surface area contributed by atoms with Gasteiger partial charge in [-0.15, -0.1) is 0 Å². The molecule has 0 aromatic heterocycles. The molecule has 4 N–H and O–H groups in total. The van der Waals surface area contributed by atoms with Gasteiger partial charge in [-0.3, -0.25) is 0 Å². The summed E-state index contributed by atoms with van der Waals surface area (Å²) in [7, 11) is 0. The predicted octanol–water partition coefficient (Wildman–Crippen LogP) is 0.810. The maximum Gasteiger partial charge on any atom is 0.0523 e. The van der Waals surface area contributed by atoms with Gasteiger partial charge in [0.25, 0.3) is 0 Å². The lowest BCUT2D eigenvalue weighted by atomic mass is 10.0. The Labute approximate surface area is 56.6 Å². The summed E-state index contributed by atoms with van der Waals surface area (Å²) in [5.41, 5.74) is 10.9. The second kappa shape index (κ2) is 3.18. The lowest BCUT2D eigenvalue weighted by Gasteiger charge is -2.10. The summed E-state index contributed by atoms with van der Waals surface area (Å²) >= 11 is 0. The van der Waals surface area contributed by atoms with Crippen molar-refractivity contribution in [3.05, 3.63) is 0 Å². The molecule has 54 valence electrons. The molecule has 9 heavy (non-hydrogen) atoms. The van der Waals surface area contributed by atoms with Gasteiger partial charge in [0, 0.05) is 0 Å². The molecule has 1 fully saturated rings. The zero-order valence-electron chi connectivity index (χ0n) is 5.84. The number of hydrogen-bond acceptors (Lipinski definition) is 2. The van der Waals surface area contributed by atoms with Crippen LogP contribution in [-0.4, -0.2) is 6.17 Å². The van der Waals surface area contributed by atoms with Gasteiger partial charge in [0.1, 0.15) is 0 Å². The molecule has 0 radical (unpaired) electrons. The molecule has 0 spiro atoms. The zero-order valence-corrected chi connectivity index (χ0v) is 5.84. The van der Waals surface area contributed by atoms with Gasteiger partial charge in [-0.25, -0.2) is 0 Å². The van der Waals surface area contributed by atoms with Crippen LogP contribution in [0.2, 0.25) is 0 Å². The van der Waals surface area contributed by atoms with E-state index in [1.807, 2.05) is 0 Å². The normalized spacial score (nSPS) is 21.7. The van der Waals surface area contributed by atoms with E-state index in [2.05, 4.69) is 0 Å². The van der Waals surface area contributed by atoms with Gasteiger partial charge in [-0.05, 0) is 12.3 Å². The highest BCUT2D eigenvalue weighted by Crippen LogP contribution is 2.27. The van der Waals surface area contributed by atoms with Crippen LogP contribution in [0.4, 0.5) is 0 Å². The van der Waals surface area contributed by atoms with E-state index < -0.39 is 0 Å². The molecule has 0 amide bonds. The lowest BCUT2D eigenvalue weighted by Crippen LogP contribution is -2.32. The Morgan fingerprint density at radius 1 is 1.22 bits per heavy atom. The topological polar surface area (TPSA) is 52.0 Å². The quantitative estimate of drug-likeness (QED) is 0.541. The van der Waals surface area contributed by atoms with Gasteiger partial charge in [-0.1, -0.05) is 25.7 Å². The van der Waals surface area contributed by atoms with Crippen molar-refractivity contribution >= 4 is 0 Å². The van der Waals surface area contributed by atoms with E-state index in [1.165, 1.54) is 25.7 Å². The Morgan fingerprint density at radius 2 is 1.78 bits per heavy atom. The van der Waals surface area contributed by atoms with Gasteiger partial charge in [0.2, 0.25) is 0 Å². The van der Waals surface area contributed by atoms with Crippen LogP contribution in [0.5, 0.6) is 0 Å². The van der Waals surface area contributed by atoms with Crippen molar-refractivity contribution in [3.8, 4) is 0 Å². The second-order valence-corrected chi connectivity index (χ2v) is 3.05. The van der Waals surface area contributed by atoms with Crippen molar-refractivity contribution in [2.75, 3.05) is 0 Å². The zero-order chi connectivity index (χ0) is 6.69. The molecule has 0 unspecified atom stereocenters. The number of rotatable bonds is 2. The summed E-state index contributed by atoms with van der Waals surface area (Å²) in [5, 5.41) is 0. The Balaban J connectivity index is 2.11. The van der Waals surface area contributed by atoms with Crippen LogP contribution in [0, 0.1) is 5.92 Å². The van der Waals surface area contributed by atoms with Crippen molar-refractivity contribution in [1.29, 1.82) is 0 Å². The fraction of sp³-hybridized carbons (Fsp3) is 1.00. The molecular weight excluding hydrogens is 112 g/mol. The van der Waals surface area contributed by atoms with Gasteiger partial charge in [0.05, 0.1) is 6.17 Å². The monoisotopic (exact) mass is 128 g/mol. The molecule has 1 aliphatic rings. The SMILES string of the molecule is NC(N)CC1CCCC1. The minimum atomic E-state index is -0.0758. The summed E-state index contributed by atoms with van der Waals surface area (Å²) in [6.07, 6.45) is 6.43. The van der Waals surface area contributed by atoms with E-state index in [9.17, 15) is 0 Å². The second-order valence-electron chi connectivity index (χ2n) is 3.05. The van der Waals surface area contributed by atoms with Crippen LogP contribution in [0.1, 0.15) is 32.1 Å². The molecule has 0 saturated heterocycles. The highest BCUT2D eigenvalue weighted by Gasteiger charge is 2.15. The smallest absolute Gasteiger partial charge is 0.0523 e. The first-order valence-corrected chi connectivity index (χ1v) is 3.80. The highest BCUT2D eigenvalue weighted by molar-refractivity contribution is 4.69. The van der Waals surface area contributed by atoms with E-state index in [1.54, 1.807) is 0 Å². The third-order valence-electron chi connectivity index (χ3n) is 2.08. The molecular formula is C7H16N2. The average molecular weight is 128 g/mol. The molecule has 1 rings (SSSR count). The summed E-state index contributed by atoms with van der Waals surface area (Å²) in [6, 6.07) is 0. The number of hydrogen-bond donors (Lipinski definition) is 2. The molecule has 1 aliphatic carbocycles. The van der Waals surface area contributed by atoms with Crippen LogP contribution < -0.4 is 11.5 Å². The molecule has 2 nitrogen and oxygen atoms in total. The molecule has 0 aromatic carbocycles. The van der Waals surface area contributed by atoms with Crippen molar-refractivity contribution < 1.29 is 0 Å². The third-order valence-corrected chi connectivity index (χ3v) is 2.08. The first-order valence-electron chi connectivity index (χ1n) is 3.80. The fourth-order valence-corrected chi connectivity index (χ4v) is 1.63. The van der Waals surface area contributed by atoms with Gasteiger partial charge >= 0.3 is 0 Å². The van der Waals surface area contributed by atoms with Crippen molar-refractivity contribution in [2.24, 2.45) is 17.4 Å². The van der Waals surface area contributed by atoms with Crippen LogP contribution in [0.15, 0.2) is 0 Å². The number of nitrogens with two attached hydrogens (primary N) is 2. The molecule has 0 aliphatic heterocycles. The molecule has 2 heteroatoms. The first-order chi connectivity index (χ1) is 4.29. The van der Waals surface area contributed by atoms with E-state index in [-0.39, 0.29) is 6.17 Å². The molecule has 0 bridgehead atoms. The minimum absolute atomic E-state index is 0.0758. The predicted molar refractivity (Wildman–Crippen MR) is 38.7 cm³/mol. The lowest BCUT2D eigenvalue weighted by molar-refractivity contribution is 0.449. The maximum atomic E-state index is 5.45. The Morgan fingerprint density at radius 3 is 2.22 bits per heavy atom. The van der Waals surface area contributed by atoms with Crippen LogP contribution >= 0.6 is 0 Å². The largest absolute Gasteiger partial charge is 0.316 e. The van der Waals surface area contributed by atoms with Gasteiger partial charge in [-0.2, -0.15) is 0 Å². The summed E-state index contributed by atoms with van der Waals surface area (Å²) in [4.78, 5) is 0. The highest BCUT2D eigenvalue weighted by atomic mass is 14.8.